The van der Waals surface area contributed by atoms with E-state index in [2.05, 4.69) is 9.44 Å². The van der Waals surface area contributed by atoms with Gasteiger partial charge < -0.3 is 25.2 Å². The number of thioether (sulfide) groups is 1. The largest absolute Gasteiger partial charge is 0.466 e. The Morgan fingerprint density at radius 3 is 2.43 bits per heavy atom. The number of oxime groups is 1. The van der Waals surface area contributed by atoms with E-state index in [4.69, 9.17) is 14.4 Å². The highest BCUT2D eigenvalue weighted by atomic mass is 32.3. The predicted molar refractivity (Wildman–Crippen MR) is 81.0 cm³/mol. The molecule has 0 spiro atoms. The van der Waals surface area contributed by atoms with E-state index in [-0.39, 0.29) is 11.5 Å². The van der Waals surface area contributed by atoms with E-state index < -0.39 is 46.9 Å². The van der Waals surface area contributed by atoms with E-state index >= 15 is 0 Å². The van der Waals surface area contributed by atoms with E-state index in [9.17, 15) is 23.7 Å². The summed E-state index contributed by atoms with van der Waals surface area (Å²) in [4.78, 5) is 0. The van der Waals surface area contributed by atoms with Gasteiger partial charge in [-0.2, -0.15) is 8.42 Å². The van der Waals surface area contributed by atoms with Crippen LogP contribution in [0.15, 0.2) is 5.16 Å². The molecule has 23 heavy (non-hydrogen) atoms. The first-order valence-corrected chi connectivity index (χ1v) is 9.14. The molecule has 5 N–H and O–H groups in total. The Kier molecular flexibility index (Phi) is 8.17. The zero-order valence-electron chi connectivity index (χ0n) is 12.3. The summed E-state index contributed by atoms with van der Waals surface area (Å²) in [6.45, 7) is 1.31. The molecular formula is C11H21NO9S2. The molecule has 0 aliphatic carbocycles. The number of ether oxygens (including phenoxy) is 1. The number of unbranched alkanes of at least 4 members (excludes halogenated alkanes) is 1. The van der Waals surface area contributed by atoms with Crippen LogP contribution < -0.4 is 0 Å². The van der Waals surface area contributed by atoms with Crippen molar-refractivity contribution in [3.8, 4) is 0 Å². The summed E-state index contributed by atoms with van der Waals surface area (Å²) >= 11 is 0.774. The van der Waals surface area contributed by atoms with Crippen molar-refractivity contribution in [1.82, 2.24) is 0 Å². The molecule has 0 radical (unpaired) electrons. The second kappa shape index (κ2) is 9.13. The summed E-state index contributed by atoms with van der Waals surface area (Å²) < 4.78 is 39.0. The van der Waals surface area contributed by atoms with E-state index in [1.54, 1.807) is 0 Å². The quantitative estimate of drug-likeness (QED) is 0.158. The van der Waals surface area contributed by atoms with Gasteiger partial charge in [-0.05, 0) is 12.8 Å². The average molecular weight is 375 g/mol. The molecule has 136 valence electrons. The molecule has 1 fully saturated rings. The third-order valence-corrected chi connectivity index (χ3v) is 4.51. The lowest BCUT2D eigenvalue weighted by atomic mass is 10.0. The fourth-order valence-electron chi connectivity index (χ4n) is 1.84. The van der Waals surface area contributed by atoms with E-state index in [1.165, 1.54) is 0 Å². The van der Waals surface area contributed by atoms with Gasteiger partial charge in [-0.25, -0.2) is 4.28 Å². The van der Waals surface area contributed by atoms with Gasteiger partial charge in [0.15, 0.2) is 0 Å². The number of aliphatic hydroxyl groups is 4. The van der Waals surface area contributed by atoms with Crippen molar-refractivity contribution < 1.29 is 42.4 Å². The Labute approximate surface area is 138 Å². The smallest absolute Gasteiger partial charge is 0.394 e. The van der Waals surface area contributed by atoms with Crippen LogP contribution in [-0.4, -0.2) is 74.9 Å². The molecule has 0 saturated carbocycles. The maximum Gasteiger partial charge on any atom is 0.466 e. The molecule has 10 nitrogen and oxygen atoms in total. The monoisotopic (exact) mass is 375 g/mol. The number of hydrogen-bond donors (Lipinski definition) is 5. The van der Waals surface area contributed by atoms with Crippen LogP contribution in [0.3, 0.4) is 0 Å². The minimum absolute atomic E-state index is 0.105. The van der Waals surface area contributed by atoms with Crippen molar-refractivity contribution in [2.75, 3.05) is 6.61 Å². The molecule has 0 aromatic rings. The lowest BCUT2D eigenvalue weighted by molar-refractivity contribution is -0.205. The topological polar surface area (TPSA) is 166 Å². The first-order chi connectivity index (χ1) is 10.7. The highest BCUT2D eigenvalue weighted by Crippen LogP contribution is 2.30. The maximum atomic E-state index is 10.6. The Hall–Kier alpha value is -0.470. The summed E-state index contributed by atoms with van der Waals surface area (Å²) in [6.07, 6.45) is -3.94. The zero-order chi connectivity index (χ0) is 17.6. The third-order valence-electron chi connectivity index (χ3n) is 3.08. The van der Waals surface area contributed by atoms with Gasteiger partial charge in [0.2, 0.25) is 0 Å². The Bertz CT molecular complexity index is 496. The highest BCUT2D eigenvalue weighted by molar-refractivity contribution is 8.14. The molecule has 1 heterocycles. The fraction of sp³-hybridized carbons (Fsp3) is 0.909. The van der Waals surface area contributed by atoms with Crippen LogP contribution in [0.4, 0.5) is 0 Å². The van der Waals surface area contributed by atoms with Gasteiger partial charge in [0, 0.05) is 0 Å². The van der Waals surface area contributed by atoms with Gasteiger partial charge in [-0.3, -0.25) is 4.55 Å². The SMILES string of the molecule is CCCC/C(=N\OS(=O)(=O)O)S[C@@H]1O[C@H](CO)[C@@H](O)[C@H](O)[C@H]1O. The minimum Gasteiger partial charge on any atom is -0.394 e. The molecule has 0 aromatic heterocycles. The second-order valence-electron chi connectivity index (χ2n) is 4.91. The van der Waals surface area contributed by atoms with Crippen LogP contribution in [0.2, 0.25) is 0 Å². The van der Waals surface area contributed by atoms with Gasteiger partial charge in [-0.1, -0.05) is 30.3 Å². The van der Waals surface area contributed by atoms with Crippen molar-refractivity contribution in [2.45, 2.75) is 56.0 Å². The zero-order valence-corrected chi connectivity index (χ0v) is 14.0. The second-order valence-corrected chi connectivity index (χ2v) is 7.08. The number of hydrogen-bond acceptors (Lipinski definition) is 10. The summed E-state index contributed by atoms with van der Waals surface area (Å²) in [6, 6.07) is 0. The van der Waals surface area contributed by atoms with Gasteiger partial charge in [0.05, 0.1) is 6.61 Å². The van der Waals surface area contributed by atoms with Crippen LogP contribution in [0.25, 0.3) is 0 Å². The summed E-state index contributed by atoms with van der Waals surface area (Å²) in [5.74, 6) is 0. The van der Waals surface area contributed by atoms with Crippen molar-refractivity contribution in [1.29, 1.82) is 0 Å². The van der Waals surface area contributed by atoms with Crippen molar-refractivity contribution >= 4 is 27.2 Å². The molecule has 0 aromatic carbocycles. The van der Waals surface area contributed by atoms with Gasteiger partial charge in [0.25, 0.3) is 0 Å². The number of aliphatic hydroxyl groups excluding tert-OH is 4. The number of nitrogens with zero attached hydrogens (tertiary/aromatic N) is 1. The van der Waals surface area contributed by atoms with Crippen molar-refractivity contribution in [2.24, 2.45) is 5.16 Å². The van der Waals surface area contributed by atoms with Crippen LogP contribution >= 0.6 is 11.8 Å². The Morgan fingerprint density at radius 2 is 1.91 bits per heavy atom. The van der Waals surface area contributed by atoms with Crippen molar-refractivity contribution in [3.05, 3.63) is 0 Å². The van der Waals surface area contributed by atoms with E-state index in [0.29, 0.717) is 6.42 Å². The molecule has 12 heteroatoms. The summed E-state index contributed by atoms with van der Waals surface area (Å²) in [7, 11) is -4.77. The lowest BCUT2D eigenvalue weighted by Crippen LogP contribution is -2.57. The van der Waals surface area contributed by atoms with E-state index in [0.717, 1.165) is 18.2 Å². The molecule has 0 unspecified atom stereocenters. The molecule has 1 aliphatic heterocycles. The normalized spacial score (nSPS) is 32.8. The Balaban J connectivity index is 2.84. The van der Waals surface area contributed by atoms with Crippen LogP contribution in [-0.2, 0) is 19.4 Å². The minimum atomic E-state index is -4.77. The standard InChI is InChI=1S/C11H21NO9S2/c1-2-3-4-7(12-21-23(17,18)19)22-11-10(16)9(15)8(14)6(5-13)20-11/h6,8-11,13-16H,2-5H2,1H3,(H,17,18,19)/b12-7+/t6-,8-,9+,10-,11+/m1/s1. The highest BCUT2D eigenvalue weighted by Gasteiger charge is 2.44. The maximum absolute atomic E-state index is 10.6. The Morgan fingerprint density at radius 1 is 1.26 bits per heavy atom. The average Bonchev–Trinajstić information content (AvgIpc) is 2.49. The predicted octanol–water partition coefficient (Wildman–Crippen LogP) is -1.16. The van der Waals surface area contributed by atoms with Crippen LogP contribution in [0.5, 0.6) is 0 Å². The molecule has 1 saturated heterocycles. The molecule has 1 rings (SSSR count). The van der Waals surface area contributed by atoms with E-state index in [1.807, 2.05) is 6.92 Å². The molecule has 0 bridgehead atoms. The first-order valence-electron chi connectivity index (χ1n) is 6.89. The third kappa shape index (κ3) is 6.51. The first kappa shape index (κ1) is 20.6. The van der Waals surface area contributed by atoms with Crippen LogP contribution in [0.1, 0.15) is 26.2 Å². The van der Waals surface area contributed by atoms with Gasteiger partial charge in [0.1, 0.15) is 34.9 Å². The molecule has 1 aliphatic rings. The molecular weight excluding hydrogens is 354 g/mol. The fourth-order valence-corrected chi connectivity index (χ4v) is 3.18. The number of rotatable bonds is 7. The van der Waals surface area contributed by atoms with Crippen molar-refractivity contribution in [3.63, 3.8) is 0 Å². The van der Waals surface area contributed by atoms with Crippen LogP contribution in [0, 0.1) is 0 Å². The van der Waals surface area contributed by atoms with Gasteiger partial charge >= 0.3 is 10.4 Å². The van der Waals surface area contributed by atoms with Gasteiger partial charge in [-0.15, -0.1) is 0 Å². The lowest BCUT2D eigenvalue weighted by Gasteiger charge is -2.39. The molecule has 5 atom stereocenters. The molecule has 0 amide bonds. The summed E-state index contributed by atoms with van der Waals surface area (Å²) in [5.41, 5.74) is -1.11. The summed E-state index contributed by atoms with van der Waals surface area (Å²) in [5, 5.41) is 41.8.